The van der Waals surface area contributed by atoms with Gasteiger partial charge in [0.05, 0.1) is 28.6 Å². The molecule has 0 spiro atoms. The molecule has 1 aromatic carbocycles. The zero-order chi connectivity index (χ0) is 22.9. The Balaban J connectivity index is 1.79. The summed E-state index contributed by atoms with van der Waals surface area (Å²) >= 11 is 11.5. The fraction of sp³-hybridized carbons (Fsp3) is 0.316. The molecular weight excluding hydrogens is 461 g/mol. The second-order valence-electron chi connectivity index (χ2n) is 6.72. The predicted octanol–water partition coefficient (Wildman–Crippen LogP) is 5.57. The molecule has 12 heteroatoms. The number of hydrogen-bond donors (Lipinski definition) is 1. The van der Waals surface area contributed by atoms with Crippen LogP contribution in [0.2, 0.25) is 10.0 Å². The summed E-state index contributed by atoms with van der Waals surface area (Å²) in [5.41, 5.74) is 0.527. The number of carbonyl (C=O) groups is 1. The van der Waals surface area contributed by atoms with Crippen molar-refractivity contribution in [3.05, 3.63) is 62.6 Å². The van der Waals surface area contributed by atoms with Gasteiger partial charge in [-0.1, -0.05) is 35.3 Å². The normalized spacial score (nSPS) is 11.5. The molecule has 0 saturated heterocycles. The number of carbonyl (C=O) groups excluding carboxylic acids is 1. The lowest BCUT2D eigenvalue weighted by Gasteiger charge is -2.09. The molecule has 1 N–H and O–H groups in total. The Bertz CT molecular complexity index is 1100. The number of aromatic nitrogens is 4. The van der Waals surface area contributed by atoms with Crippen molar-refractivity contribution in [1.82, 2.24) is 19.6 Å². The lowest BCUT2D eigenvalue weighted by Crippen LogP contribution is -2.22. The lowest BCUT2D eigenvalue weighted by atomic mass is 10.2. The molecule has 0 aliphatic heterocycles. The number of anilines is 1. The predicted molar refractivity (Wildman–Crippen MR) is 108 cm³/mol. The van der Waals surface area contributed by atoms with Gasteiger partial charge < -0.3 is 5.32 Å². The topological polar surface area (TPSA) is 64.7 Å². The highest BCUT2D eigenvalue weighted by Crippen LogP contribution is 2.34. The molecule has 0 saturated carbocycles. The van der Waals surface area contributed by atoms with E-state index in [0.29, 0.717) is 33.3 Å². The van der Waals surface area contributed by atoms with E-state index in [1.54, 1.807) is 30.7 Å². The van der Waals surface area contributed by atoms with E-state index in [0.717, 1.165) is 5.56 Å². The van der Waals surface area contributed by atoms with Crippen LogP contribution in [0.5, 0.6) is 0 Å². The molecule has 2 aromatic heterocycles. The minimum absolute atomic E-state index is 0.393. The van der Waals surface area contributed by atoms with Crippen molar-refractivity contribution in [3.63, 3.8) is 0 Å². The standard InChI is InChI=1S/C19H17Cl2F4N5O/c1-9-15(10(2)29(27-9)7-11-3-5-12(20)6-4-11)26-13(31)8-30-17(19(24)25)14(21)16(28-30)18(22)23/h3-6,18-19H,7-8H2,1-2H3,(H,26,31). The third-order valence-corrected chi connectivity index (χ3v) is 5.19. The van der Waals surface area contributed by atoms with Crippen LogP contribution in [0.4, 0.5) is 23.2 Å². The Morgan fingerprint density at radius 2 is 1.68 bits per heavy atom. The molecule has 0 bridgehead atoms. The van der Waals surface area contributed by atoms with Crippen LogP contribution < -0.4 is 5.32 Å². The van der Waals surface area contributed by atoms with Crippen molar-refractivity contribution in [1.29, 1.82) is 0 Å². The maximum atomic E-state index is 13.3. The Hall–Kier alpha value is -2.59. The largest absolute Gasteiger partial charge is 0.321 e. The van der Waals surface area contributed by atoms with E-state index in [4.69, 9.17) is 23.2 Å². The van der Waals surface area contributed by atoms with Crippen LogP contribution >= 0.6 is 23.2 Å². The molecule has 166 valence electrons. The quantitative estimate of drug-likeness (QED) is 0.452. The number of amides is 1. The van der Waals surface area contributed by atoms with E-state index in [1.165, 1.54) is 0 Å². The third-order valence-electron chi connectivity index (χ3n) is 4.55. The van der Waals surface area contributed by atoms with Crippen molar-refractivity contribution in [2.45, 2.75) is 39.8 Å². The maximum Gasteiger partial charge on any atom is 0.283 e. The highest BCUT2D eigenvalue weighted by atomic mass is 35.5. The molecule has 0 unspecified atom stereocenters. The molecule has 0 fully saturated rings. The molecule has 3 aromatic rings. The number of rotatable bonds is 7. The van der Waals surface area contributed by atoms with Gasteiger partial charge in [0.1, 0.15) is 17.9 Å². The van der Waals surface area contributed by atoms with Crippen LogP contribution in [0.3, 0.4) is 0 Å². The molecule has 0 radical (unpaired) electrons. The van der Waals surface area contributed by atoms with Crippen molar-refractivity contribution in [3.8, 4) is 0 Å². The van der Waals surface area contributed by atoms with Crippen molar-refractivity contribution < 1.29 is 22.4 Å². The number of alkyl halides is 4. The van der Waals surface area contributed by atoms with Crippen LogP contribution in [0.1, 0.15) is 41.2 Å². The van der Waals surface area contributed by atoms with Gasteiger partial charge >= 0.3 is 0 Å². The first-order valence-corrected chi connectivity index (χ1v) is 9.74. The molecule has 0 aliphatic rings. The van der Waals surface area contributed by atoms with Crippen molar-refractivity contribution in [2.75, 3.05) is 5.32 Å². The fourth-order valence-corrected chi connectivity index (χ4v) is 3.48. The first kappa shape index (κ1) is 23.1. The summed E-state index contributed by atoms with van der Waals surface area (Å²) < 4.78 is 54.6. The second-order valence-corrected chi connectivity index (χ2v) is 7.54. The smallest absolute Gasteiger partial charge is 0.283 e. The summed E-state index contributed by atoms with van der Waals surface area (Å²) in [4.78, 5) is 12.5. The Morgan fingerprint density at radius 1 is 1.03 bits per heavy atom. The molecule has 31 heavy (non-hydrogen) atoms. The number of halogens is 6. The van der Waals surface area contributed by atoms with Crippen LogP contribution in [-0.2, 0) is 17.9 Å². The minimum Gasteiger partial charge on any atom is -0.321 e. The van der Waals surface area contributed by atoms with E-state index >= 15 is 0 Å². The van der Waals surface area contributed by atoms with Crippen LogP contribution in [0.15, 0.2) is 24.3 Å². The van der Waals surface area contributed by atoms with Crippen LogP contribution in [-0.4, -0.2) is 25.5 Å². The molecular formula is C19H17Cl2F4N5O. The Labute approximate surface area is 184 Å². The molecule has 0 atom stereocenters. The average molecular weight is 478 g/mol. The van der Waals surface area contributed by atoms with Gasteiger partial charge in [-0.25, -0.2) is 17.6 Å². The summed E-state index contributed by atoms with van der Waals surface area (Å²) in [5, 5.41) is 10.1. The molecule has 3 rings (SSSR count). The van der Waals surface area contributed by atoms with Crippen LogP contribution in [0.25, 0.3) is 0 Å². The highest BCUT2D eigenvalue weighted by molar-refractivity contribution is 6.32. The molecule has 1 amide bonds. The zero-order valence-corrected chi connectivity index (χ0v) is 17.9. The number of nitrogens with one attached hydrogen (secondary N) is 1. The SMILES string of the molecule is Cc1nn(Cc2ccc(Cl)cc2)c(C)c1NC(=O)Cn1nc(C(F)F)c(Cl)c1C(F)F. The summed E-state index contributed by atoms with van der Waals surface area (Å²) in [6, 6.07) is 7.17. The summed E-state index contributed by atoms with van der Waals surface area (Å²) in [6.07, 6.45) is -6.32. The third kappa shape index (κ3) is 5.01. The number of nitrogens with zero attached hydrogens (tertiary/aromatic N) is 4. The van der Waals surface area contributed by atoms with Gasteiger partial charge in [0.2, 0.25) is 5.91 Å². The highest BCUT2D eigenvalue weighted by Gasteiger charge is 2.29. The first-order valence-electron chi connectivity index (χ1n) is 8.99. The van der Waals surface area contributed by atoms with Crippen LogP contribution in [0, 0.1) is 13.8 Å². The van der Waals surface area contributed by atoms with Crippen molar-refractivity contribution >= 4 is 34.8 Å². The average Bonchev–Trinajstić information content (AvgIpc) is 3.14. The van der Waals surface area contributed by atoms with Crippen molar-refractivity contribution in [2.24, 2.45) is 0 Å². The monoisotopic (exact) mass is 477 g/mol. The summed E-state index contributed by atoms with van der Waals surface area (Å²) in [7, 11) is 0. The van der Waals surface area contributed by atoms with Gasteiger partial charge in [0, 0.05) is 5.02 Å². The molecule has 0 aliphatic carbocycles. The molecule has 2 heterocycles. The van der Waals surface area contributed by atoms with Gasteiger partial charge in [-0.3, -0.25) is 14.2 Å². The van der Waals surface area contributed by atoms with Gasteiger partial charge in [-0.2, -0.15) is 10.2 Å². The maximum absolute atomic E-state index is 13.3. The fourth-order valence-electron chi connectivity index (χ4n) is 3.05. The Morgan fingerprint density at radius 3 is 2.26 bits per heavy atom. The first-order chi connectivity index (χ1) is 14.6. The minimum atomic E-state index is -3.18. The van der Waals surface area contributed by atoms with E-state index in [2.05, 4.69) is 15.5 Å². The number of hydrogen-bond acceptors (Lipinski definition) is 3. The second kappa shape index (κ2) is 9.27. The zero-order valence-electron chi connectivity index (χ0n) is 16.3. The summed E-state index contributed by atoms with van der Waals surface area (Å²) in [5.74, 6) is -0.737. The van der Waals surface area contributed by atoms with Gasteiger partial charge in [-0.05, 0) is 31.5 Å². The van der Waals surface area contributed by atoms with E-state index in [9.17, 15) is 22.4 Å². The van der Waals surface area contributed by atoms with Gasteiger partial charge in [0.25, 0.3) is 12.9 Å². The van der Waals surface area contributed by atoms with Gasteiger partial charge in [0.15, 0.2) is 0 Å². The lowest BCUT2D eigenvalue weighted by molar-refractivity contribution is -0.117. The van der Waals surface area contributed by atoms with E-state index in [1.807, 2.05) is 12.1 Å². The van der Waals surface area contributed by atoms with E-state index < -0.39 is 41.7 Å². The summed E-state index contributed by atoms with van der Waals surface area (Å²) in [6.45, 7) is 3.11. The number of benzene rings is 1. The Kier molecular flexibility index (Phi) is 6.90. The van der Waals surface area contributed by atoms with Gasteiger partial charge in [-0.15, -0.1) is 0 Å². The molecule has 6 nitrogen and oxygen atoms in total. The van der Waals surface area contributed by atoms with E-state index in [-0.39, 0.29) is 0 Å². The number of aryl methyl sites for hydroxylation is 1.